The molecule has 1 heterocycles. The number of nitrogens with one attached hydrogen (secondary N) is 1. The first-order valence-electron chi connectivity index (χ1n) is 5.49. The van der Waals surface area contributed by atoms with Crippen LogP contribution in [0, 0.1) is 11.7 Å². The molecule has 15 heavy (non-hydrogen) atoms. The highest BCUT2D eigenvalue weighted by Crippen LogP contribution is 2.42. The first-order chi connectivity index (χ1) is 6.92. The summed E-state index contributed by atoms with van der Waals surface area (Å²) < 4.78 is 13.2. The van der Waals surface area contributed by atoms with Gasteiger partial charge in [0.05, 0.1) is 0 Å². The summed E-state index contributed by atoms with van der Waals surface area (Å²) in [4.78, 5) is 0. The molecule has 82 valence electrons. The van der Waals surface area contributed by atoms with E-state index in [9.17, 15) is 4.39 Å². The van der Waals surface area contributed by atoms with Crippen molar-refractivity contribution in [3.8, 4) is 0 Å². The van der Waals surface area contributed by atoms with Crippen LogP contribution in [-0.2, 0) is 0 Å². The third-order valence-corrected chi connectivity index (χ3v) is 3.85. The second kappa shape index (κ2) is 3.22. The van der Waals surface area contributed by atoms with Crippen molar-refractivity contribution in [3.05, 3.63) is 29.6 Å². The van der Waals surface area contributed by atoms with Crippen LogP contribution in [0.15, 0.2) is 18.2 Å². The average Bonchev–Trinajstić information content (AvgIpc) is 2.16. The van der Waals surface area contributed by atoms with Gasteiger partial charge >= 0.3 is 0 Å². The molecule has 1 aliphatic heterocycles. The van der Waals surface area contributed by atoms with Gasteiger partial charge < -0.3 is 5.32 Å². The Morgan fingerprint density at radius 1 is 1.27 bits per heavy atom. The minimum Gasteiger partial charge on any atom is -0.380 e. The van der Waals surface area contributed by atoms with Crippen molar-refractivity contribution < 1.29 is 4.39 Å². The topological polar surface area (TPSA) is 12.0 Å². The molecule has 1 aromatic carbocycles. The van der Waals surface area contributed by atoms with Crippen molar-refractivity contribution >= 4 is 5.69 Å². The van der Waals surface area contributed by atoms with E-state index in [1.54, 1.807) is 6.07 Å². The maximum absolute atomic E-state index is 13.2. The molecule has 0 amide bonds. The van der Waals surface area contributed by atoms with Crippen molar-refractivity contribution in [2.24, 2.45) is 5.92 Å². The Labute approximate surface area is 90.7 Å². The predicted octanol–water partition coefficient (Wildman–Crippen LogP) is 3.77. The van der Waals surface area contributed by atoms with Gasteiger partial charge in [-0.3, -0.25) is 0 Å². The first kappa shape index (κ1) is 10.5. The first-order valence-corrected chi connectivity index (χ1v) is 5.49. The minimum absolute atomic E-state index is 0.0737. The quantitative estimate of drug-likeness (QED) is 0.683. The lowest BCUT2D eigenvalue weighted by Crippen LogP contribution is -2.44. The normalized spacial score (nSPS) is 28.1. The molecule has 0 aromatic heterocycles. The fraction of sp³-hybridized carbons (Fsp3) is 0.538. The van der Waals surface area contributed by atoms with Crippen molar-refractivity contribution in [3.63, 3.8) is 0 Å². The Bertz CT molecular complexity index is 384. The molecule has 0 radical (unpaired) electrons. The smallest absolute Gasteiger partial charge is 0.123 e. The third kappa shape index (κ3) is 1.62. The summed E-state index contributed by atoms with van der Waals surface area (Å²) in [5.41, 5.74) is 2.25. The summed E-state index contributed by atoms with van der Waals surface area (Å²) in [7, 11) is 0. The number of anilines is 1. The number of hydrogen-bond donors (Lipinski definition) is 1. The molecule has 2 heteroatoms. The van der Waals surface area contributed by atoms with E-state index in [1.807, 2.05) is 6.07 Å². The van der Waals surface area contributed by atoms with E-state index in [0.29, 0.717) is 11.8 Å². The van der Waals surface area contributed by atoms with Crippen LogP contribution in [-0.4, -0.2) is 5.54 Å². The summed E-state index contributed by atoms with van der Waals surface area (Å²) in [5, 5.41) is 3.48. The molecule has 1 N–H and O–H groups in total. The van der Waals surface area contributed by atoms with Gasteiger partial charge in [-0.1, -0.05) is 13.8 Å². The lowest BCUT2D eigenvalue weighted by Gasteiger charge is -2.43. The molecule has 0 spiro atoms. The predicted molar refractivity (Wildman–Crippen MR) is 61.7 cm³/mol. The molecular weight excluding hydrogens is 189 g/mol. The van der Waals surface area contributed by atoms with Gasteiger partial charge in [-0.05, 0) is 49.4 Å². The van der Waals surface area contributed by atoms with Gasteiger partial charge in [0.2, 0.25) is 0 Å². The Balaban J connectivity index is 2.50. The Kier molecular flexibility index (Phi) is 2.25. The summed E-state index contributed by atoms with van der Waals surface area (Å²) >= 11 is 0. The zero-order valence-corrected chi connectivity index (χ0v) is 9.76. The molecule has 1 aromatic rings. The van der Waals surface area contributed by atoms with Crippen LogP contribution in [0.4, 0.5) is 10.1 Å². The maximum atomic E-state index is 13.2. The van der Waals surface area contributed by atoms with Crippen LogP contribution >= 0.6 is 0 Å². The summed E-state index contributed by atoms with van der Waals surface area (Å²) in [6.07, 6.45) is 0. The largest absolute Gasteiger partial charge is 0.380 e. The van der Waals surface area contributed by atoms with E-state index in [2.05, 4.69) is 33.0 Å². The third-order valence-electron chi connectivity index (χ3n) is 3.85. The van der Waals surface area contributed by atoms with Gasteiger partial charge in [0.15, 0.2) is 0 Å². The van der Waals surface area contributed by atoms with Crippen LogP contribution < -0.4 is 5.32 Å². The van der Waals surface area contributed by atoms with Crippen molar-refractivity contribution in [1.82, 2.24) is 0 Å². The molecule has 0 saturated carbocycles. The summed E-state index contributed by atoms with van der Waals surface area (Å²) in [6, 6.07) is 5.01. The number of hydrogen-bond acceptors (Lipinski definition) is 1. The molecule has 0 fully saturated rings. The van der Waals surface area contributed by atoms with Crippen LogP contribution in [0.2, 0.25) is 0 Å². The number of fused-ring (bicyclic) bond motifs is 1. The van der Waals surface area contributed by atoms with Gasteiger partial charge in [-0.2, -0.15) is 0 Å². The second-order valence-electron chi connectivity index (χ2n) is 5.16. The van der Waals surface area contributed by atoms with Crippen molar-refractivity contribution in [1.29, 1.82) is 0 Å². The zero-order valence-electron chi connectivity index (χ0n) is 9.76. The Morgan fingerprint density at radius 2 is 1.93 bits per heavy atom. The molecule has 0 aliphatic carbocycles. The Hall–Kier alpha value is -1.05. The van der Waals surface area contributed by atoms with Crippen LogP contribution in [0.5, 0.6) is 0 Å². The summed E-state index contributed by atoms with van der Waals surface area (Å²) in [6.45, 7) is 8.78. The van der Waals surface area contributed by atoms with Crippen LogP contribution in [0.3, 0.4) is 0 Å². The van der Waals surface area contributed by atoms with Gasteiger partial charge in [0.25, 0.3) is 0 Å². The fourth-order valence-corrected chi connectivity index (χ4v) is 2.38. The number of halogens is 1. The fourth-order valence-electron chi connectivity index (χ4n) is 2.38. The summed E-state index contributed by atoms with van der Waals surface area (Å²) in [5.74, 6) is 0.744. The average molecular weight is 207 g/mol. The molecule has 0 bridgehead atoms. The molecule has 1 aliphatic rings. The van der Waals surface area contributed by atoms with Gasteiger partial charge in [-0.25, -0.2) is 4.39 Å². The lowest BCUT2D eigenvalue weighted by molar-refractivity contribution is 0.315. The number of benzene rings is 1. The van der Waals surface area contributed by atoms with Gasteiger partial charge in [0.1, 0.15) is 5.82 Å². The molecule has 2 rings (SSSR count). The highest BCUT2D eigenvalue weighted by Gasteiger charge is 2.36. The van der Waals surface area contributed by atoms with Crippen molar-refractivity contribution in [2.45, 2.75) is 39.2 Å². The SMILES string of the molecule is CC1c2cc(F)ccc2NC(C)(C)C1C. The van der Waals surface area contributed by atoms with Crippen molar-refractivity contribution in [2.75, 3.05) is 5.32 Å². The molecule has 2 atom stereocenters. The van der Waals surface area contributed by atoms with Crippen LogP contribution in [0.25, 0.3) is 0 Å². The maximum Gasteiger partial charge on any atom is 0.123 e. The number of rotatable bonds is 0. The minimum atomic E-state index is -0.144. The van der Waals surface area contributed by atoms with E-state index in [0.717, 1.165) is 11.3 Å². The molecular formula is C13H18FN. The zero-order chi connectivity index (χ0) is 11.2. The highest BCUT2D eigenvalue weighted by atomic mass is 19.1. The molecule has 1 nitrogen and oxygen atoms in total. The van der Waals surface area contributed by atoms with Crippen LogP contribution in [0.1, 0.15) is 39.2 Å². The van der Waals surface area contributed by atoms with E-state index in [4.69, 9.17) is 0 Å². The van der Waals surface area contributed by atoms with Gasteiger partial charge in [-0.15, -0.1) is 0 Å². The van der Waals surface area contributed by atoms with Gasteiger partial charge in [0, 0.05) is 11.2 Å². The molecule has 2 unspecified atom stereocenters. The van der Waals surface area contributed by atoms with E-state index in [1.165, 1.54) is 6.07 Å². The lowest BCUT2D eigenvalue weighted by atomic mass is 9.73. The van der Waals surface area contributed by atoms with E-state index < -0.39 is 0 Å². The highest BCUT2D eigenvalue weighted by molar-refractivity contribution is 5.57. The standard InChI is InChI=1S/C13H18FN/c1-8-9(2)13(3,4)15-12-6-5-10(14)7-11(8)12/h5-9,15H,1-4H3. The van der Waals surface area contributed by atoms with E-state index >= 15 is 0 Å². The monoisotopic (exact) mass is 207 g/mol. The van der Waals surface area contributed by atoms with E-state index in [-0.39, 0.29) is 11.4 Å². The Morgan fingerprint density at radius 3 is 2.60 bits per heavy atom. The molecule has 0 saturated heterocycles. The second-order valence-corrected chi connectivity index (χ2v) is 5.16.